The molecule has 0 bridgehead atoms. The Balaban J connectivity index is 1.34. The molecule has 0 saturated heterocycles. The van der Waals surface area contributed by atoms with Crippen molar-refractivity contribution in [3.05, 3.63) is 70.8 Å². The first-order chi connectivity index (χ1) is 15.5. The highest BCUT2D eigenvalue weighted by Gasteiger charge is 2.31. The van der Waals surface area contributed by atoms with Gasteiger partial charge in [0.2, 0.25) is 0 Å². The molecule has 0 unspecified atom stereocenters. The third kappa shape index (κ3) is 5.61. The maximum Gasteiger partial charge on any atom is 0.129 e. The summed E-state index contributed by atoms with van der Waals surface area (Å²) in [5.41, 5.74) is 2.24. The van der Waals surface area contributed by atoms with Crippen LogP contribution in [0.15, 0.2) is 42.5 Å². The predicted molar refractivity (Wildman–Crippen MR) is 130 cm³/mol. The molecule has 2 heteroatoms. The van der Waals surface area contributed by atoms with Gasteiger partial charge in [-0.25, -0.2) is 8.78 Å². The molecular weight excluding hydrogens is 398 g/mol. The Labute approximate surface area is 193 Å². The molecule has 2 saturated carbocycles. The van der Waals surface area contributed by atoms with Crippen LogP contribution in [0.25, 0.3) is 0 Å². The molecule has 2 aromatic carbocycles. The predicted octanol–water partition coefficient (Wildman–Crippen LogP) is 9.19. The van der Waals surface area contributed by atoms with Gasteiger partial charge >= 0.3 is 0 Å². The molecule has 0 N–H and O–H groups in total. The van der Waals surface area contributed by atoms with Gasteiger partial charge in [0.15, 0.2) is 0 Å². The summed E-state index contributed by atoms with van der Waals surface area (Å²) in [6, 6.07) is 13.3. The van der Waals surface area contributed by atoms with Gasteiger partial charge in [0.1, 0.15) is 11.6 Å². The molecule has 2 fully saturated rings. The van der Waals surface area contributed by atoms with E-state index in [1.165, 1.54) is 51.4 Å². The average Bonchev–Trinajstić information content (AvgIpc) is 2.82. The van der Waals surface area contributed by atoms with E-state index in [0.717, 1.165) is 41.7 Å². The summed E-state index contributed by atoms with van der Waals surface area (Å²) in [7, 11) is 0. The first kappa shape index (κ1) is 23.5. The van der Waals surface area contributed by atoms with Crippen LogP contribution in [0.4, 0.5) is 8.78 Å². The van der Waals surface area contributed by atoms with Crippen LogP contribution in [0, 0.1) is 29.4 Å². The topological polar surface area (TPSA) is 0 Å². The molecule has 0 radical (unpaired) electrons. The molecule has 0 aliphatic heterocycles. The fourth-order valence-corrected chi connectivity index (χ4v) is 6.54. The van der Waals surface area contributed by atoms with Gasteiger partial charge in [0, 0.05) is 5.56 Å². The summed E-state index contributed by atoms with van der Waals surface area (Å²) in [6.07, 6.45) is 13.4. The molecule has 0 nitrogen and oxygen atoms in total. The lowest BCUT2D eigenvalue weighted by Crippen LogP contribution is -2.25. The Morgan fingerprint density at radius 2 is 1.38 bits per heavy atom. The first-order valence-corrected chi connectivity index (χ1v) is 13.1. The van der Waals surface area contributed by atoms with Crippen molar-refractivity contribution < 1.29 is 8.78 Å². The molecule has 0 aromatic heterocycles. The van der Waals surface area contributed by atoms with E-state index in [4.69, 9.17) is 0 Å². The van der Waals surface area contributed by atoms with Gasteiger partial charge in [-0.05, 0) is 97.8 Å². The average molecular weight is 439 g/mol. The summed E-state index contributed by atoms with van der Waals surface area (Å²) >= 11 is 0. The summed E-state index contributed by atoms with van der Waals surface area (Å²) in [4.78, 5) is 0. The van der Waals surface area contributed by atoms with Crippen molar-refractivity contribution in [2.45, 2.75) is 96.3 Å². The summed E-state index contributed by atoms with van der Waals surface area (Å²) in [5, 5.41) is 0. The van der Waals surface area contributed by atoms with E-state index < -0.39 is 0 Å². The molecule has 2 aliphatic carbocycles. The van der Waals surface area contributed by atoms with Crippen molar-refractivity contribution in [3.8, 4) is 0 Å². The van der Waals surface area contributed by atoms with Gasteiger partial charge in [0.05, 0.1) is 0 Å². The molecule has 0 amide bonds. The number of halogens is 2. The quantitative estimate of drug-likeness (QED) is 0.404. The van der Waals surface area contributed by atoms with E-state index in [1.54, 1.807) is 12.1 Å². The molecule has 2 aliphatic rings. The minimum absolute atomic E-state index is 0.0916. The van der Waals surface area contributed by atoms with Crippen LogP contribution in [0.5, 0.6) is 0 Å². The van der Waals surface area contributed by atoms with E-state index in [9.17, 15) is 8.78 Å². The molecular formula is C30H40F2. The highest BCUT2D eigenvalue weighted by Crippen LogP contribution is 2.44. The van der Waals surface area contributed by atoms with E-state index in [2.05, 4.69) is 6.92 Å². The highest BCUT2D eigenvalue weighted by molar-refractivity contribution is 5.31. The second-order valence-corrected chi connectivity index (χ2v) is 10.7. The van der Waals surface area contributed by atoms with Crippen LogP contribution in [0.2, 0.25) is 0 Å². The van der Waals surface area contributed by atoms with Gasteiger partial charge in [-0.1, -0.05) is 69.9 Å². The zero-order chi connectivity index (χ0) is 22.5. The zero-order valence-corrected chi connectivity index (χ0v) is 20.0. The van der Waals surface area contributed by atoms with Crippen LogP contribution in [-0.2, 0) is 6.42 Å². The second kappa shape index (κ2) is 10.9. The second-order valence-electron chi connectivity index (χ2n) is 10.7. The van der Waals surface area contributed by atoms with Crippen LogP contribution in [-0.4, -0.2) is 0 Å². The van der Waals surface area contributed by atoms with E-state index in [-0.39, 0.29) is 23.1 Å². The first-order valence-electron chi connectivity index (χ1n) is 13.1. The number of hydrogen-bond acceptors (Lipinski definition) is 0. The minimum Gasteiger partial charge on any atom is -0.207 e. The standard InChI is InChI=1S/C30H40F2/c1-3-7-22-10-12-24(13-11-22)25-14-16-26(17-15-25)27-19-29(31)28(30(32)20-27)18-21(2)23-8-5-4-6-9-23/h4-6,8-9,19-22,24-26H,3,7,10-18H2,1-2H3/t21-,22-,24-,25-,26-/m0/s1. The Hall–Kier alpha value is -1.70. The molecule has 4 rings (SSSR count). The molecule has 1 atom stereocenters. The van der Waals surface area contributed by atoms with Gasteiger partial charge in [-0.3, -0.25) is 0 Å². The summed E-state index contributed by atoms with van der Waals surface area (Å²) in [6.45, 7) is 4.34. The van der Waals surface area contributed by atoms with Gasteiger partial charge in [-0.15, -0.1) is 0 Å². The molecule has 174 valence electrons. The minimum atomic E-state index is -0.362. The summed E-state index contributed by atoms with van der Waals surface area (Å²) in [5.74, 6) is 2.36. The number of hydrogen-bond donors (Lipinski definition) is 0. The lowest BCUT2D eigenvalue weighted by Gasteiger charge is -2.38. The zero-order valence-electron chi connectivity index (χ0n) is 20.0. The van der Waals surface area contributed by atoms with E-state index in [1.807, 2.05) is 37.3 Å². The third-order valence-corrected chi connectivity index (χ3v) is 8.54. The maximum absolute atomic E-state index is 15.0. The monoisotopic (exact) mass is 438 g/mol. The molecule has 0 spiro atoms. The Morgan fingerprint density at radius 1 is 0.812 bits per heavy atom. The van der Waals surface area contributed by atoms with Crippen molar-refractivity contribution in [2.75, 3.05) is 0 Å². The Bertz CT molecular complexity index is 819. The SMILES string of the molecule is CCC[C@H]1CC[C@H]([C@H]2CC[C@H](c3cc(F)c(C[C@H](C)c4ccccc4)c(F)c3)CC2)CC1. The number of rotatable bonds is 7. The normalized spacial score (nSPS) is 27.2. The van der Waals surface area contributed by atoms with Crippen molar-refractivity contribution in [1.82, 2.24) is 0 Å². The largest absolute Gasteiger partial charge is 0.207 e. The lowest BCUT2D eigenvalue weighted by molar-refractivity contribution is 0.156. The van der Waals surface area contributed by atoms with Gasteiger partial charge in [0.25, 0.3) is 0 Å². The van der Waals surface area contributed by atoms with E-state index in [0.29, 0.717) is 12.3 Å². The van der Waals surface area contributed by atoms with Crippen LogP contribution >= 0.6 is 0 Å². The fraction of sp³-hybridized carbons (Fsp3) is 0.600. The van der Waals surface area contributed by atoms with Crippen molar-refractivity contribution in [1.29, 1.82) is 0 Å². The Morgan fingerprint density at radius 3 is 1.94 bits per heavy atom. The van der Waals surface area contributed by atoms with Crippen molar-refractivity contribution in [2.24, 2.45) is 17.8 Å². The van der Waals surface area contributed by atoms with E-state index >= 15 is 0 Å². The van der Waals surface area contributed by atoms with Gasteiger partial charge in [-0.2, -0.15) is 0 Å². The van der Waals surface area contributed by atoms with Crippen LogP contribution in [0.3, 0.4) is 0 Å². The third-order valence-electron chi connectivity index (χ3n) is 8.54. The molecule has 32 heavy (non-hydrogen) atoms. The molecule has 0 heterocycles. The lowest BCUT2D eigenvalue weighted by atomic mass is 9.68. The molecule has 2 aromatic rings. The highest BCUT2D eigenvalue weighted by atomic mass is 19.1. The fourth-order valence-electron chi connectivity index (χ4n) is 6.54. The van der Waals surface area contributed by atoms with Crippen molar-refractivity contribution >= 4 is 0 Å². The van der Waals surface area contributed by atoms with Gasteiger partial charge < -0.3 is 0 Å². The van der Waals surface area contributed by atoms with Crippen LogP contribution < -0.4 is 0 Å². The van der Waals surface area contributed by atoms with Crippen molar-refractivity contribution in [3.63, 3.8) is 0 Å². The maximum atomic E-state index is 15.0. The summed E-state index contributed by atoms with van der Waals surface area (Å²) < 4.78 is 29.9. The Kier molecular flexibility index (Phi) is 8.02. The number of benzene rings is 2. The smallest absolute Gasteiger partial charge is 0.129 e. The van der Waals surface area contributed by atoms with Crippen LogP contribution in [0.1, 0.15) is 107 Å².